The predicted molar refractivity (Wildman–Crippen MR) is 38.0 cm³/mol. The van der Waals surface area contributed by atoms with Gasteiger partial charge in [0.1, 0.15) is 0 Å². The molecule has 18 heavy (non-hydrogen) atoms. The van der Waals surface area contributed by atoms with Crippen LogP contribution in [0, 0.1) is 0 Å². The third-order valence-corrected chi connectivity index (χ3v) is 4.46. The maximum atomic E-state index is 12.2. The fourth-order valence-electron chi connectivity index (χ4n) is 0.396. The van der Waals surface area contributed by atoms with Gasteiger partial charge in [-0.2, -0.15) is 35.1 Å². The molecule has 1 N–H and O–H groups in total. The monoisotopic (exact) mass is 331 g/mol. The van der Waals surface area contributed by atoms with Gasteiger partial charge in [0, 0.05) is 0 Å². The quantitative estimate of drug-likeness (QED) is 0.780. The zero-order valence-electron chi connectivity index (χ0n) is 7.47. The zero-order chi connectivity index (χ0) is 15.2. The molecule has 0 aliphatic heterocycles. The van der Waals surface area contributed by atoms with Gasteiger partial charge in [-0.15, -0.1) is 0 Å². The molecule has 0 aromatic heterocycles. The van der Waals surface area contributed by atoms with Crippen LogP contribution in [0.1, 0.15) is 0 Å². The van der Waals surface area contributed by atoms with Gasteiger partial charge < -0.3 is 0 Å². The van der Waals surface area contributed by atoms with Gasteiger partial charge in [-0.05, 0) is 0 Å². The molecular formula is C3HF8NO4S2. The summed E-state index contributed by atoms with van der Waals surface area (Å²) in [6, 6.07) is 0. The summed E-state index contributed by atoms with van der Waals surface area (Å²) in [5.74, 6) is 0. The Morgan fingerprint density at radius 2 is 1.00 bits per heavy atom. The number of hydrogen-bond acceptors (Lipinski definition) is 4. The summed E-state index contributed by atoms with van der Waals surface area (Å²) in [6.45, 7) is 0. The predicted octanol–water partition coefficient (Wildman–Crippen LogP) is 0.911. The molecule has 0 radical (unpaired) electrons. The Morgan fingerprint density at radius 1 is 0.667 bits per heavy atom. The second-order valence-electron chi connectivity index (χ2n) is 2.55. The van der Waals surface area contributed by atoms with Crippen molar-refractivity contribution < 1.29 is 52.0 Å². The molecule has 0 aromatic carbocycles. The van der Waals surface area contributed by atoms with Crippen LogP contribution in [0.15, 0.2) is 0 Å². The molecule has 110 valence electrons. The van der Waals surface area contributed by atoms with E-state index in [4.69, 9.17) is 0 Å². The maximum Gasteiger partial charge on any atom is 0.512 e. The third kappa shape index (κ3) is 3.00. The number of nitrogens with one attached hydrogen (secondary N) is 1. The third-order valence-electron chi connectivity index (χ3n) is 1.19. The number of halogens is 8. The van der Waals surface area contributed by atoms with E-state index in [0.717, 1.165) is 0 Å². The first-order chi connectivity index (χ1) is 7.46. The van der Waals surface area contributed by atoms with Crippen molar-refractivity contribution in [3.63, 3.8) is 0 Å². The van der Waals surface area contributed by atoms with Gasteiger partial charge in [0.2, 0.25) is 0 Å². The molecule has 0 bridgehead atoms. The van der Waals surface area contributed by atoms with Crippen molar-refractivity contribution in [2.24, 2.45) is 0 Å². The van der Waals surface area contributed by atoms with Crippen molar-refractivity contribution in [3.05, 3.63) is 0 Å². The fraction of sp³-hybridized carbons (Fsp3) is 1.00. The Hall–Kier alpha value is -0.700. The number of hydrogen-bond donors (Lipinski definition) is 1. The van der Waals surface area contributed by atoms with Gasteiger partial charge in [0.15, 0.2) is 0 Å². The number of rotatable bonds is 3. The van der Waals surface area contributed by atoms with Crippen LogP contribution in [0.3, 0.4) is 0 Å². The molecule has 0 fully saturated rings. The molecule has 0 saturated carbocycles. The summed E-state index contributed by atoms with van der Waals surface area (Å²) in [7, 11) is -14.1. The molecule has 0 amide bonds. The van der Waals surface area contributed by atoms with E-state index >= 15 is 0 Å². The molecule has 0 saturated heterocycles. The zero-order valence-corrected chi connectivity index (χ0v) is 9.11. The second-order valence-corrected chi connectivity index (χ2v) is 6.21. The Balaban J connectivity index is 5.64. The van der Waals surface area contributed by atoms with Crippen LogP contribution >= 0.6 is 0 Å². The van der Waals surface area contributed by atoms with Crippen LogP contribution in [-0.2, 0) is 20.0 Å². The molecule has 0 heterocycles. The standard InChI is InChI=1S/C3HF8NO4S2/c4-1(5,6)2(7,8)17(13,14)12-18(15,16)3(9,10)11/h12H. The summed E-state index contributed by atoms with van der Waals surface area (Å²) in [5, 5.41) is -6.71. The van der Waals surface area contributed by atoms with Crippen LogP contribution in [0.2, 0.25) is 0 Å². The largest absolute Gasteiger partial charge is 0.512 e. The van der Waals surface area contributed by atoms with Gasteiger partial charge in [-0.1, -0.05) is 4.13 Å². The number of sulfonamides is 2. The second kappa shape index (κ2) is 4.16. The fourth-order valence-corrected chi connectivity index (χ4v) is 2.65. The molecule has 5 nitrogen and oxygen atoms in total. The van der Waals surface area contributed by atoms with Crippen molar-refractivity contribution in [2.45, 2.75) is 16.9 Å². The van der Waals surface area contributed by atoms with E-state index in [0.29, 0.717) is 0 Å². The topological polar surface area (TPSA) is 80.3 Å². The molecule has 15 heteroatoms. The normalized spacial score (nSPS) is 15.8. The lowest BCUT2D eigenvalue weighted by Gasteiger charge is -2.20. The molecule has 0 aliphatic rings. The van der Waals surface area contributed by atoms with Gasteiger partial charge >= 0.3 is 37.0 Å². The minimum atomic E-state index is -7.17. The molecule has 0 atom stereocenters. The minimum Gasteiger partial charge on any atom is -0.205 e. The van der Waals surface area contributed by atoms with Crippen molar-refractivity contribution in [1.29, 1.82) is 0 Å². The van der Waals surface area contributed by atoms with Crippen LogP contribution in [0.4, 0.5) is 35.1 Å². The van der Waals surface area contributed by atoms with Crippen LogP contribution in [0.25, 0.3) is 0 Å². The number of alkyl halides is 8. The molecule has 0 spiro atoms. The van der Waals surface area contributed by atoms with Gasteiger partial charge in [0.05, 0.1) is 0 Å². The van der Waals surface area contributed by atoms with E-state index in [1.807, 2.05) is 0 Å². The highest BCUT2D eigenvalue weighted by atomic mass is 32.3. The molecule has 0 aliphatic carbocycles. The Morgan fingerprint density at radius 3 is 1.22 bits per heavy atom. The van der Waals surface area contributed by atoms with Crippen molar-refractivity contribution in [1.82, 2.24) is 4.13 Å². The van der Waals surface area contributed by atoms with Crippen LogP contribution in [-0.4, -0.2) is 33.8 Å². The summed E-state index contributed by atoms with van der Waals surface area (Å²) >= 11 is 0. The van der Waals surface area contributed by atoms with Crippen LogP contribution in [0.5, 0.6) is 0 Å². The van der Waals surface area contributed by atoms with E-state index in [2.05, 4.69) is 0 Å². The summed E-state index contributed by atoms with van der Waals surface area (Å²) in [4.78, 5) is 0. The first kappa shape index (κ1) is 17.3. The van der Waals surface area contributed by atoms with Gasteiger partial charge in [-0.25, -0.2) is 16.8 Å². The first-order valence-corrected chi connectivity index (χ1v) is 6.21. The highest BCUT2D eigenvalue weighted by molar-refractivity contribution is 8.05. The summed E-state index contributed by atoms with van der Waals surface area (Å²) in [5.41, 5.74) is -6.37. The average molecular weight is 331 g/mol. The lowest BCUT2D eigenvalue weighted by molar-refractivity contribution is -0.241. The highest BCUT2D eigenvalue weighted by Crippen LogP contribution is 2.40. The SMILES string of the molecule is O=S(=O)(NS(=O)(=O)C(F)(F)C(F)(F)F)C(F)(F)F. The van der Waals surface area contributed by atoms with Gasteiger partial charge in [-0.3, -0.25) is 0 Å². The van der Waals surface area contributed by atoms with Crippen molar-refractivity contribution in [2.75, 3.05) is 0 Å². The smallest absolute Gasteiger partial charge is 0.205 e. The summed E-state index contributed by atoms with van der Waals surface area (Å²) < 4.78 is 134. The van der Waals surface area contributed by atoms with Crippen LogP contribution < -0.4 is 4.13 Å². The van der Waals surface area contributed by atoms with Gasteiger partial charge in [0.25, 0.3) is 0 Å². The highest BCUT2D eigenvalue weighted by Gasteiger charge is 2.69. The Kier molecular flexibility index (Phi) is 3.99. The molecule has 0 unspecified atom stereocenters. The molecular weight excluding hydrogens is 330 g/mol. The van der Waals surface area contributed by atoms with E-state index < -0.39 is 41.1 Å². The first-order valence-electron chi connectivity index (χ1n) is 3.25. The van der Waals surface area contributed by atoms with E-state index in [9.17, 15) is 52.0 Å². The summed E-state index contributed by atoms with van der Waals surface area (Å²) in [6.07, 6.45) is -6.79. The molecule has 0 rings (SSSR count). The van der Waals surface area contributed by atoms with E-state index in [-0.39, 0.29) is 0 Å². The average Bonchev–Trinajstić information content (AvgIpc) is 1.96. The van der Waals surface area contributed by atoms with Crippen molar-refractivity contribution >= 4 is 20.0 Å². The Labute approximate surface area is 93.9 Å². The maximum absolute atomic E-state index is 12.2. The van der Waals surface area contributed by atoms with E-state index in [1.54, 1.807) is 0 Å². The lowest BCUT2D eigenvalue weighted by Crippen LogP contribution is -2.53. The molecule has 0 aromatic rings. The van der Waals surface area contributed by atoms with Crippen molar-refractivity contribution in [3.8, 4) is 0 Å². The lowest BCUT2D eigenvalue weighted by atomic mass is 10.7. The Bertz CT molecular complexity index is 512. The minimum absolute atomic E-state index is 0.731. The van der Waals surface area contributed by atoms with E-state index in [1.165, 1.54) is 0 Å².